The molecule has 0 unspecified atom stereocenters. The first kappa shape index (κ1) is 12.4. The van der Waals surface area contributed by atoms with Crippen molar-refractivity contribution in [3.05, 3.63) is 24.0 Å². The van der Waals surface area contributed by atoms with Crippen LogP contribution in [0, 0.1) is 0 Å². The number of piperidine rings is 1. The topological polar surface area (TPSA) is 36.4 Å². The molecule has 0 spiro atoms. The zero-order valence-corrected chi connectivity index (χ0v) is 11.0. The monoisotopic (exact) mass is 234 g/mol. The van der Waals surface area contributed by atoms with Gasteiger partial charge in [0.1, 0.15) is 0 Å². The fourth-order valence-corrected chi connectivity index (χ4v) is 2.42. The third kappa shape index (κ3) is 2.78. The Labute approximate surface area is 103 Å². The molecule has 1 aliphatic rings. The van der Waals surface area contributed by atoms with Crippen LogP contribution < -0.4 is 4.90 Å². The van der Waals surface area contributed by atoms with E-state index in [-0.39, 0.29) is 0 Å². The lowest BCUT2D eigenvalue weighted by Gasteiger charge is -2.42. The maximum Gasteiger partial charge on any atom is 0.0794 e. The molecule has 17 heavy (non-hydrogen) atoms. The predicted octanol–water partition coefficient (Wildman–Crippen LogP) is 2.38. The molecule has 0 radical (unpaired) electrons. The van der Waals surface area contributed by atoms with Gasteiger partial charge in [-0.25, -0.2) is 0 Å². The number of hydrogen-bond acceptors (Lipinski definition) is 3. The van der Waals surface area contributed by atoms with Gasteiger partial charge in [0.15, 0.2) is 0 Å². The summed E-state index contributed by atoms with van der Waals surface area (Å²) >= 11 is 0. The molecule has 3 nitrogen and oxygen atoms in total. The molecular weight excluding hydrogens is 212 g/mol. The molecule has 0 bridgehead atoms. The zero-order valence-electron chi connectivity index (χ0n) is 11.0. The molecule has 1 aliphatic heterocycles. The van der Waals surface area contributed by atoms with Crippen LogP contribution in [0.1, 0.15) is 39.3 Å². The van der Waals surface area contributed by atoms with Crippen LogP contribution in [0.5, 0.6) is 0 Å². The molecule has 2 rings (SSSR count). The first-order valence-electron chi connectivity index (χ1n) is 6.46. The first-order chi connectivity index (χ1) is 8.02. The van der Waals surface area contributed by atoms with Crippen LogP contribution >= 0.6 is 0 Å². The summed E-state index contributed by atoms with van der Waals surface area (Å²) < 4.78 is 0. The highest BCUT2D eigenvalue weighted by molar-refractivity contribution is 5.46. The molecule has 94 valence electrons. The number of hydrogen-bond donors (Lipinski definition) is 1. The number of nitrogens with zero attached hydrogens (tertiary/aromatic N) is 2. The number of aliphatic hydroxyl groups is 1. The third-order valence-corrected chi connectivity index (χ3v) is 3.65. The Morgan fingerprint density at radius 2 is 2.29 bits per heavy atom. The van der Waals surface area contributed by atoms with Gasteiger partial charge >= 0.3 is 0 Å². The van der Waals surface area contributed by atoms with Gasteiger partial charge in [-0.1, -0.05) is 6.92 Å². The molecule has 0 aliphatic carbocycles. The normalized spacial score (nSPS) is 29.4. The number of β-amino-alcohol motifs (C(OH)–C–C–N with tert-alkyl or cyclic N) is 1. The highest BCUT2D eigenvalue weighted by atomic mass is 16.3. The second kappa shape index (κ2) is 4.65. The van der Waals surface area contributed by atoms with E-state index in [1.165, 1.54) is 0 Å². The van der Waals surface area contributed by atoms with Crippen molar-refractivity contribution in [3.63, 3.8) is 0 Å². The van der Waals surface area contributed by atoms with Gasteiger partial charge in [-0.15, -0.1) is 0 Å². The fourth-order valence-electron chi connectivity index (χ4n) is 2.42. The second-order valence-electron chi connectivity index (χ2n) is 5.37. The van der Waals surface area contributed by atoms with Crippen molar-refractivity contribution in [1.82, 2.24) is 4.98 Å². The summed E-state index contributed by atoms with van der Waals surface area (Å²) in [6, 6.07) is 4.67. The number of anilines is 1. The molecule has 1 aromatic rings. The van der Waals surface area contributed by atoms with E-state index in [1.54, 1.807) is 0 Å². The van der Waals surface area contributed by atoms with Gasteiger partial charge in [-0.2, -0.15) is 0 Å². The number of aryl methyl sites for hydroxylation is 1. The minimum absolute atomic E-state index is 0.476. The minimum atomic E-state index is -0.573. The van der Waals surface area contributed by atoms with Crippen LogP contribution in [0.15, 0.2) is 18.3 Å². The van der Waals surface area contributed by atoms with Crippen molar-refractivity contribution in [1.29, 1.82) is 0 Å². The van der Waals surface area contributed by atoms with Crippen LogP contribution in [0.4, 0.5) is 5.69 Å². The fraction of sp³-hybridized carbons (Fsp3) is 0.643. The molecule has 3 heteroatoms. The highest BCUT2D eigenvalue weighted by Crippen LogP contribution is 2.29. The van der Waals surface area contributed by atoms with Crippen molar-refractivity contribution in [3.8, 4) is 0 Å². The van der Waals surface area contributed by atoms with Crippen molar-refractivity contribution in [2.24, 2.45) is 0 Å². The maximum absolute atomic E-state index is 10.2. The molecule has 1 aromatic heterocycles. The largest absolute Gasteiger partial charge is 0.388 e. The Hall–Kier alpha value is -1.09. The van der Waals surface area contributed by atoms with Crippen molar-refractivity contribution in [2.75, 3.05) is 11.4 Å². The zero-order chi connectivity index (χ0) is 12.5. The van der Waals surface area contributed by atoms with E-state index >= 15 is 0 Å². The van der Waals surface area contributed by atoms with Gasteiger partial charge in [0, 0.05) is 18.3 Å². The molecule has 2 atom stereocenters. The van der Waals surface area contributed by atoms with Crippen LogP contribution in [0.25, 0.3) is 0 Å². The molecule has 0 amide bonds. The summed E-state index contributed by atoms with van der Waals surface area (Å²) in [7, 11) is 0. The van der Waals surface area contributed by atoms with Crippen LogP contribution in [0.2, 0.25) is 0 Å². The Kier molecular flexibility index (Phi) is 3.38. The van der Waals surface area contributed by atoms with Gasteiger partial charge in [-0.05, 0) is 45.2 Å². The van der Waals surface area contributed by atoms with E-state index in [1.807, 2.05) is 13.1 Å². The Morgan fingerprint density at radius 3 is 2.88 bits per heavy atom. The lowest BCUT2D eigenvalue weighted by molar-refractivity contribution is 0.0378. The Bertz CT molecular complexity index is 372. The van der Waals surface area contributed by atoms with Gasteiger partial charge < -0.3 is 10.0 Å². The SMILES string of the molecule is CCc1ccc(N2C[C@@](C)(O)CC[C@H]2C)cn1. The standard InChI is InChI=1S/C14H22N2O/c1-4-12-5-6-13(9-15-12)16-10-14(3,17)8-7-11(16)2/h5-6,9,11,17H,4,7-8,10H2,1-3H3/t11-,14+/m1/s1. The molecule has 2 heterocycles. The number of rotatable bonds is 2. The van der Waals surface area contributed by atoms with E-state index in [2.05, 4.69) is 35.9 Å². The molecule has 0 aromatic carbocycles. The van der Waals surface area contributed by atoms with Crippen LogP contribution in [0.3, 0.4) is 0 Å². The van der Waals surface area contributed by atoms with Crippen molar-refractivity contribution < 1.29 is 5.11 Å². The summed E-state index contributed by atoms with van der Waals surface area (Å²) in [4.78, 5) is 6.69. The van der Waals surface area contributed by atoms with E-state index in [4.69, 9.17) is 0 Å². The summed E-state index contributed by atoms with van der Waals surface area (Å²) in [5.41, 5.74) is 1.66. The van der Waals surface area contributed by atoms with Gasteiger partial charge in [0.25, 0.3) is 0 Å². The van der Waals surface area contributed by atoms with E-state index in [0.29, 0.717) is 12.6 Å². The van der Waals surface area contributed by atoms with Crippen LogP contribution in [-0.2, 0) is 6.42 Å². The summed E-state index contributed by atoms with van der Waals surface area (Å²) in [6.07, 6.45) is 4.80. The Balaban J connectivity index is 2.18. The third-order valence-electron chi connectivity index (χ3n) is 3.65. The van der Waals surface area contributed by atoms with E-state index in [0.717, 1.165) is 30.6 Å². The Morgan fingerprint density at radius 1 is 1.53 bits per heavy atom. The van der Waals surface area contributed by atoms with Crippen molar-refractivity contribution in [2.45, 2.75) is 51.7 Å². The molecule has 1 N–H and O–H groups in total. The summed E-state index contributed by atoms with van der Waals surface area (Å²) in [6.45, 7) is 6.93. The predicted molar refractivity (Wildman–Crippen MR) is 70.3 cm³/mol. The number of pyridine rings is 1. The first-order valence-corrected chi connectivity index (χ1v) is 6.46. The average molecular weight is 234 g/mol. The lowest BCUT2D eigenvalue weighted by atomic mass is 9.90. The van der Waals surface area contributed by atoms with E-state index in [9.17, 15) is 5.11 Å². The van der Waals surface area contributed by atoms with Crippen molar-refractivity contribution >= 4 is 5.69 Å². The highest BCUT2D eigenvalue weighted by Gasteiger charge is 2.32. The smallest absolute Gasteiger partial charge is 0.0794 e. The number of aromatic nitrogens is 1. The summed E-state index contributed by atoms with van der Waals surface area (Å²) in [5, 5.41) is 10.2. The average Bonchev–Trinajstić information content (AvgIpc) is 2.33. The molecular formula is C14H22N2O. The summed E-state index contributed by atoms with van der Waals surface area (Å²) in [5.74, 6) is 0. The lowest BCUT2D eigenvalue weighted by Crippen LogP contribution is -2.50. The molecule has 1 fully saturated rings. The van der Waals surface area contributed by atoms with Gasteiger partial charge in [0.2, 0.25) is 0 Å². The minimum Gasteiger partial charge on any atom is -0.388 e. The molecule has 0 saturated carbocycles. The molecule has 1 saturated heterocycles. The van der Waals surface area contributed by atoms with Crippen LogP contribution in [-0.4, -0.2) is 28.3 Å². The van der Waals surface area contributed by atoms with Gasteiger partial charge in [0.05, 0.1) is 17.5 Å². The van der Waals surface area contributed by atoms with E-state index < -0.39 is 5.60 Å². The maximum atomic E-state index is 10.2. The quantitative estimate of drug-likeness (QED) is 0.853. The van der Waals surface area contributed by atoms with Gasteiger partial charge in [-0.3, -0.25) is 4.98 Å². The second-order valence-corrected chi connectivity index (χ2v) is 5.37.